The smallest absolute Gasteiger partial charge is 0.212 e. The van der Waals surface area contributed by atoms with E-state index < -0.39 is 10.0 Å². The molecule has 1 heterocycles. The predicted octanol–water partition coefficient (Wildman–Crippen LogP) is 1.60. The van der Waals surface area contributed by atoms with E-state index in [1.807, 2.05) is 13.8 Å². The zero-order valence-corrected chi connectivity index (χ0v) is 10.8. The van der Waals surface area contributed by atoms with E-state index in [0.29, 0.717) is 25.4 Å². The Morgan fingerprint density at radius 1 is 1.50 bits per heavy atom. The Hall–Kier alpha value is -0.600. The maximum absolute atomic E-state index is 12.0. The lowest BCUT2D eigenvalue weighted by Gasteiger charge is -2.28. The number of sulfonamides is 1. The van der Waals surface area contributed by atoms with Gasteiger partial charge in [0.15, 0.2) is 0 Å². The Morgan fingerprint density at radius 2 is 2.19 bits per heavy atom. The summed E-state index contributed by atoms with van der Waals surface area (Å²) in [7, 11) is -3.14. The Bertz CT molecular complexity index is 357. The lowest BCUT2D eigenvalue weighted by Crippen LogP contribution is -2.40. The largest absolute Gasteiger partial charge is 0.214 e. The van der Waals surface area contributed by atoms with Gasteiger partial charge in [0.1, 0.15) is 0 Å². The first kappa shape index (κ1) is 13.5. The highest BCUT2D eigenvalue weighted by atomic mass is 32.2. The lowest BCUT2D eigenvalue weighted by atomic mass is 10.0. The van der Waals surface area contributed by atoms with Crippen LogP contribution in [-0.2, 0) is 10.0 Å². The zero-order valence-electron chi connectivity index (χ0n) is 10.0. The Balaban J connectivity index is 2.58. The highest BCUT2D eigenvalue weighted by molar-refractivity contribution is 7.89. The summed E-state index contributed by atoms with van der Waals surface area (Å²) >= 11 is 0. The van der Waals surface area contributed by atoms with E-state index in [0.717, 1.165) is 12.8 Å². The molecule has 4 nitrogen and oxygen atoms in total. The van der Waals surface area contributed by atoms with E-state index in [2.05, 4.69) is 6.07 Å². The fraction of sp³-hybridized carbons (Fsp3) is 0.909. The van der Waals surface area contributed by atoms with Crippen LogP contribution in [0.2, 0.25) is 0 Å². The molecule has 1 rings (SSSR count). The molecule has 92 valence electrons. The minimum Gasteiger partial charge on any atom is -0.212 e. The van der Waals surface area contributed by atoms with Gasteiger partial charge in [0.25, 0.3) is 0 Å². The van der Waals surface area contributed by atoms with Gasteiger partial charge >= 0.3 is 0 Å². The summed E-state index contributed by atoms with van der Waals surface area (Å²) in [6, 6.07) is 2.16. The minimum absolute atomic E-state index is 0.123. The van der Waals surface area contributed by atoms with Crippen LogP contribution in [-0.4, -0.2) is 31.6 Å². The predicted molar refractivity (Wildman–Crippen MR) is 63.2 cm³/mol. The van der Waals surface area contributed by atoms with Crippen molar-refractivity contribution < 1.29 is 8.42 Å². The normalized spacial score (nSPS) is 23.2. The van der Waals surface area contributed by atoms with Gasteiger partial charge in [0, 0.05) is 13.1 Å². The number of piperidine rings is 1. The van der Waals surface area contributed by atoms with Crippen molar-refractivity contribution in [1.29, 1.82) is 5.26 Å². The third-order valence-corrected chi connectivity index (χ3v) is 4.78. The zero-order chi connectivity index (χ0) is 12.2. The molecule has 0 aromatic carbocycles. The first-order valence-electron chi connectivity index (χ1n) is 5.83. The highest BCUT2D eigenvalue weighted by Crippen LogP contribution is 2.19. The SMILES string of the molecule is CC(C)CCS(=O)(=O)N1CCCC(C#N)C1. The van der Waals surface area contributed by atoms with Crippen LogP contribution >= 0.6 is 0 Å². The van der Waals surface area contributed by atoms with Gasteiger partial charge in [-0.05, 0) is 25.2 Å². The molecule has 5 heteroatoms. The second-order valence-corrected chi connectivity index (χ2v) is 6.91. The summed E-state index contributed by atoms with van der Waals surface area (Å²) in [6.07, 6.45) is 2.32. The van der Waals surface area contributed by atoms with Crippen molar-refractivity contribution in [2.75, 3.05) is 18.8 Å². The van der Waals surface area contributed by atoms with Crippen LogP contribution in [0.25, 0.3) is 0 Å². The third kappa shape index (κ3) is 3.76. The molecule has 1 unspecified atom stereocenters. The van der Waals surface area contributed by atoms with E-state index >= 15 is 0 Å². The molecule has 0 N–H and O–H groups in total. The Morgan fingerprint density at radius 3 is 2.75 bits per heavy atom. The van der Waals surface area contributed by atoms with Gasteiger partial charge in [0.05, 0.1) is 17.7 Å². The van der Waals surface area contributed by atoms with E-state index in [9.17, 15) is 8.42 Å². The molecule has 0 aliphatic carbocycles. The average molecular weight is 244 g/mol. The topological polar surface area (TPSA) is 61.2 Å². The van der Waals surface area contributed by atoms with E-state index in [1.54, 1.807) is 0 Å². The van der Waals surface area contributed by atoms with Gasteiger partial charge in [-0.2, -0.15) is 5.26 Å². The standard InChI is InChI=1S/C11H20N2O2S/c1-10(2)5-7-16(14,15)13-6-3-4-11(8-12)9-13/h10-11H,3-7,9H2,1-2H3. The summed E-state index contributed by atoms with van der Waals surface area (Å²) in [5, 5.41) is 8.82. The second-order valence-electron chi connectivity index (χ2n) is 4.82. The van der Waals surface area contributed by atoms with Gasteiger partial charge in [-0.3, -0.25) is 0 Å². The molecule has 16 heavy (non-hydrogen) atoms. The van der Waals surface area contributed by atoms with E-state index in [4.69, 9.17) is 5.26 Å². The van der Waals surface area contributed by atoms with Crippen molar-refractivity contribution in [2.24, 2.45) is 11.8 Å². The van der Waals surface area contributed by atoms with E-state index in [-0.39, 0.29) is 11.7 Å². The molecule has 0 radical (unpaired) electrons. The molecule has 0 bridgehead atoms. The number of rotatable bonds is 4. The van der Waals surface area contributed by atoms with Crippen LogP contribution in [0.1, 0.15) is 33.1 Å². The maximum atomic E-state index is 12.0. The quantitative estimate of drug-likeness (QED) is 0.754. The van der Waals surface area contributed by atoms with Gasteiger partial charge in [-0.15, -0.1) is 0 Å². The molecule has 1 fully saturated rings. The third-order valence-electron chi connectivity index (χ3n) is 2.91. The van der Waals surface area contributed by atoms with Crippen molar-refractivity contribution in [3.05, 3.63) is 0 Å². The lowest BCUT2D eigenvalue weighted by molar-refractivity contribution is 0.304. The van der Waals surface area contributed by atoms with Gasteiger partial charge in [-0.1, -0.05) is 13.8 Å². The fourth-order valence-corrected chi connectivity index (χ4v) is 3.66. The van der Waals surface area contributed by atoms with Crippen LogP contribution in [0.5, 0.6) is 0 Å². The number of hydrogen-bond donors (Lipinski definition) is 0. The molecule has 1 aliphatic heterocycles. The second kappa shape index (κ2) is 5.65. The highest BCUT2D eigenvalue weighted by Gasteiger charge is 2.28. The molecule has 1 atom stereocenters. The molecule has 0 saturated carbocycles. The summed E-state index contributed by atoms with van der Waals surface area (Å²) in [4.78, 5) is 0. The first-order chi connectivity index (χ1) is 7.45. The summed E-state index contributed by atoms with van der Waals surface area (Å²) in [5.41, 5.74) is 0. The molecule has 1 saturated heterocycles. The van der Waals surface area contributed by atoms with Crippen LogP contribution in [0.4, 0.5) is 0 Å². The van der Waals surface area contributed by atoms with Crippen LogP contribution in [0.15, 0.2) is 0 Å². The van der Waals surface area contributed by atoms with E-state index in [1.165, 1.54) is 4.31 Å². The van der Waals surface area contributed by atoms with Crippen LogP contribution in [0, 0.1) is 23.2 Å². The summed E-state index contributed by atoms with van der Waals surface area (Å²) < 4.78 is 25.4. The minimum atomic E-state index is -3.14. The molecule has 0 amide bonds. The molecule has 0 aromatic rings. The van der Waals surface area contributed by atoms with Crippen molar-refractivity contribution in [3.8, 4) is 6.07 Å². The average Bonchev–Trinajstić information content (AvgIpc) is 2.27. The van der Waals surface area contributed by atoms with Gasteiger partial charge < -0.3 is 0 Å². The molecular weight excluding hydrogens is 224 g/mol. The van der Waals surface area contributed by atoms with Crippen molar-refractivity contribution in [2.45, 2.75) is 33.1 Å². The summed E-state index contributed by atoms with van der Waals surface area (Å²) in [6.45, 7) is 5.00. The van der Waals surface area contributed by atoms with Crippen molar-refractivity contribution in [3.63, 3.8) is 0 Å². The van der Waals surface area contributed by atoms with Gasteiger partial charge in [-0.25, -0.2) is 12.7 Å². The molecule has 0 aromatic heterocycles. The van der Waals surface area contributed by atoms with Crippen molar-refractivity contribution >= 4 is 10.0 Å². The molecule has 0 spiro atoms. The first-order valence-corrected chi connectivity index (χ1v) is 7.44. The monoisotopic (exact) mass is 244 g/mol. The van der Waals surface area contributed by atoms with Crippen molar-refractivity contribution in [1.82, 2.24) is 4.31 Å². The van der Waals surface area contributed by atoms with Crippen LogP contribution < -0.4 is 0 Å². The van der Waals surface area contributed by atoms with Gasteiger partial charge in [0.2, 0.25) is 10.0 Å². The number of nitriles is 1. The number of hydrogen-bond acceptors (Lipinski definition) is 3. The Kier molecular flexibility index (Phi) is 4.75. The molecular formula is C11H20N2O2S. The Labute approximate surface area is 98.3 Å². The number of nitrogens with zero attached hydrogens (tertiary/aromatic N) is 2. The fourth-order valence-electron chi connectivity index (χ4n) is 1.81. The van der Waals surface area contributed by atoms with Crippen LogP contribution in [0.3, 0.4) is 0 Å². The molecule has 1 aliphatic rings. The maximum Gasteiger partial charge on any atom is 0.214 e. The summed E-state index contributed by atoms with van der Waals surface area (Å²) in [5.74, 6) is 0.483.